The monoisotopic (exact) mass is 355 g/mol. The smallest absolute Gasteiger partial charge is 0.126 e. The third-order valence-electron chi connectivity index (χ3n) is 3.24. The number of hydrogen-bond acceptors (Lipinski definition) is 1. The Hall–Kier alpha value is -0.900. The van der Waals surface area contributed by atoms with Gasteiger partial charge in [-0.25, -0.2) is 4.39 Å². The fraction of sp³-hybridized carbons (Fsp3) is 0.250. The predicted molar refractivity (Wildman–Crippen MR) is 85.9 cm³/mol. The zero-order valence-electron chi connectivity index (χ0n) is 11.2. The Morgan fingerprint density at radius 3 is 2.75 bits per heavy atom. The van der Waals surface area contributed by atoms with Crippen molar-refractivity contribution in [1.29, 1.82) is 0 Å². The van der Waals surface area contributed by atoms with E-state index in [9.17, 15) is 4.39 Å². The summed E-state index contributed by atoms with van der Waals surface area (Å²) in [6.45, 7) is 0.770. The topological polar surface area (TPSA) is 12.0 Å². The van der Waals surface area contributed by atoms with Gasteiger partial charge >= 0.3 is 0 Å². The van der Waals surface area contributed by atoms with Crippen LogP contribution in [0.4, 0.5) is 4.39 Å². The Labute approximate surface area is 132 Å². The lowest BCUT2D eigenvalue weighted by atomic mass is 9.91. The summed E-state index contributed by atoms with van der Waals surface area (Å²) in [7, 11) is 1.90. The first-order valence-corrected chi connectivity index (χ1v) is 7.61. The molecule has 106 valence electrons. The summed E-state index contributed by atoms with van der Waals surface area (Å²) in [4.78, 5) is 0. The molecule has 1 unspecified atom stereocenters. The standard InChI is InChI=1S/C16H16BrClFN/c1-20-10-13(11-3-2-4-15(18)9-11)7-12-8-14(17)5-6-16(12)19/h2-6,8-9,13,20H,7,10H2,1H3. The number of hydrogen-bond donors (Lipinski definition) is 1. The third kappa shape index (κ3) is 4.05. The molecule has 0 saturated heterocycles. The molecule has 2 aromatic carbocycles. The van der Waals surface area contributed by atoms with Crippen molar-refractivity contribution in [1.82, 2.24) is 5.32 Å². The van der Waals surface area contributed by atoms with E-state index < -0.39 is 0 Å². The molecule has 0 saturated carbocycles. The van der Waals surface area contributed by atoms with E-state index in [-0.39, 0.29) is 11.7 Å². The van der Waals surface area contributed by atoms with E-state index in [0.717, 1.165) is 16.6 Å². The lowest BCUT2D eigenvalue weighted by Gasteiger charge is -2.18. The molecule has 20 heavy (non-hydrogen) atoms. The minimum absolute atomic E-state index is 0.170. The van der Waals surface area contributed by atoms with Gasteiger partial charge in [-0.3, -0.25) is 0 Å². The van der Waals surface area contributed by atoms with Crippen LogP contribution in [0.1, 0.15) is 17.0 Å². The van der Waals surface area contributed by atoms with Crippen LogP contribution in [0, 0.1) is 5.82 Å². The van der Waals surface area contributed by atoms with E-state index in [4.69, 9.17) is 11.6 Å². The van der Waals surface area contributed by atoms with Crippen molar-refractivity contribution in [2.45, 2.75) is 12.3 Å². The molecule has 1 atom stereocenters. The van der Waals surface area contributed by atoms with Crippen LogP contribution < -0.4 is 5.32 Å². The fourth-order valence-electron chi connectivity index (χ4n) is 2.28. The molecule has 0 amide bonds. The highest BCUT2D eigenvalue weighted by atomic mass is 79.9. The molecule has 0 aliphatic heterocycles. The van der Waals surface area contributed by atoms with Gasteiger partial charge in [0.15, 0.2) is 0 Å². The predicted octanol–water partition coefficient (Wildman–Crippen LogP) is 4.79. The Bertz CT molecular complexity index is 588. The van der Waals surface area contributed by atoms with E-state index in [1.54, 1.807) is 6.07 Å². The molecule has 0 radical (unpaired) electrons. The molecular weight excluding hydrogens is 341 g/mol. The summed E-state index contributed by atoms with van der Waals surface area (Å²) >= 11 is 9.44. The van der Waals surface area contributed by atoms with Crippen molar-refractivity contribution in [3.63, 3.8) is 0 Å². The van der Waals surface area contributed by atoms with Gasteiger partial charge in [0, 0.05) is 22.0 Å². The van der Waals surface area contributed by atoms with Gasteiger partial charge in [0.05, 0.1) is 0 Å². The zero-order chi connectivity index (χ0) is 14.5. The van der Waals surface area contributed by atoms with Gasteiger partial charge in [0.2, 0.25) is 0 Å². The van der Waals surface area contributed by atoms with Crippen molar-refractivity contribution >= 4 is 27.5 Å². The van der Waals surface area contributed by atoms with Crippen molar-refractivity contribution in [3.05, 3.63) is 68.9 Å². The van der Waals surface area contributed by atoms with Gasteiger partial charge in [0.1, 0.15) is 5.82 Å². The maximum atomic E-state index is 13.9. The minimum Gasteiger partial charge on any atom is -0.319 e. The number of nitrogens with one attached hydrogen (secondary N) is 1. The summed E-state index contributed by atoms with van der Waals surface area (Å²) in [5.41, 5.74) is 1.82. The number of likely N-dealkylation sites (N-methyl/N-ethyl adjacent to an activating group) is 1. The van der Waals surface area contributed by atoms with E-state index in [1.165, 1.54) is 6.07 Å². The first-order valence-electron chi connectivity index (χ1n) is 6.44. The molecule has 0 heterocycles. The average Bonchev–Trinajstić information content (AvgIpc) is 2.42. The van der Waals surface area contributed by atoms with Crippen LogP contribution >= 0.6 is 27.5 Å². The van der Waals surface area contributed by atoms with Crippen LogP contribution in [-0.4, -0.2) is 13.6 Å². The molecule has 2 aromatic rings. The molecule has 0 spiro atoms. The van der Waals surface area contributed by atoms with Crippen LogP contribution in [0.25, 0.3) is 0 Å². The maximum absolute atomic E-state index is 13.9. The van der Waals surface area contributed by atoms with Gasteiger partial charge in [-0.1, -0.05) is 39.7 Å². The van der Waals surface area contributed by atoms with Crippen LogP contribution in [0.5, 0.6) is 0 Å². The zero-order valence-corrected chi connectivity index (χ0v) is 13.5. The molecule has 0 aromatic heterocycles. The van der Waals surface area contributed by atoms with Crippen LogP contribution in [0.15, 0.2) is 46.9 Å². The Kier molecular flexibility index (Phi) is 5.58. The van der Waals surface area contributed by atoms with Crippen LogP contribution in [0.2, 0.25) is 5.02 Å². The SMILES string of the molecule is CNCC(Cc1cc(Br)ccc1F)c1cccc(Cl)c1. The Morgan fingerprint density at radius 2 is 2.05 bits per heavy atom. The molecular formula is C16H16BrClFN. The summed E-state index contributed by atoms with van der Waals surface area (Å²) in [6, 6.07) is 12.8. The molecule has 1 N–H and O–H groups in total. The molecule has 0 aliphatic carbocycles. The maximum Gasteiger partial charge on any atom is 0.126 e. The second kappa shape index (κ2) is 7.21. The first-order chi connectivity index (χ1) is 9.60. The van der Waals surface area contributed by atoms with Gasteiger partial charge in [-0.2, -0.15) is 0 Å². The summed E-state index contributed by atoms with van der Waals surface area (Å²) < 4.78 is 14.8. The highest BCUT2D eigenvalue weighted by Gasteiger charge is 2.15. The van der Waals surface area contributed by atoms with E-state index >= 15 is 0 Å². The Balaban J connectivity index is 2.27. The quantitative estimate of drug-likeness (QED) is 0.812. The minimum atomic E-state index is -0.170. The van der Waals surface area contributed by atoms with Gasteiger partial charge < -0.3 is 5.32 Å². The van der Waals surface area contributed by atoms with E-state index in [0.29, 0.717) is 17.0 Å². The highest BCUT2D eigenvalue weighted by Crippen LogP contribution is 2.26. The normalized spacial score (nSPS) is 12.4. The third-order valence-corrected chi connectivity index (χ3v) is 3.97. The van der Waals surface area contributed by atoms with Crippen LogP contribution in [0.3, 0.4) is 0 Å². The van der Waals surface area contributed by atoms with E-state index in [2.05, 4.69) is 21.2 Å². The second-order valence-electron chi connectivity index (χ2n) is 4.75. The second-order valence-corrected chi connectivity index (χ2v) is 6.10. The van der Waals surface area contributed by atoms with Crippen molar-refractivity contribution in [2.24, 2.45) is 0 Å². The molecule has 2 rings (SSSR count). The van der Waals surface area contributed by atoms with E-state index in [1.807, 2.05) is 37.4 Å². The number of benzene rings is 2. The molecule has 0 fully saturated rings. The molecule has 0 aliphatic rings. The highest BCUT2D eigenvalue weighted by molar-refractivity contribution is 9.10. The lowest BCUT2D eigenvalue weighted by molar-refractivity contribution is 0.574. The fourth-order valence-corrected chi connectivity index (χ4v) is 2.89. The Morgan fingerprint density at radius 1 is 1.25 bits per heavy atom. The average molecular weight is 357 g/mol. The van der Waals surface area contributed by atoms with Crippen molar-refractivity contribution in [3.8, 4) is 0 Å². The summed E-state index contributed by atoms with van der Waals surface area (Å²) in [5.74, 6) is 0.0128. The lowest BCUT2D eigenvalue weighted by Crippen LogP contribution is -2.19. The van der Waals surface area contributed by atoms with Crippen molar-refractivity contribution < 1.29 is 4.39 Å². The molecule has 1 nitrogen and oxygen atoms in total. The molecule has 4 heteroatoms. The molecule has 0 bridgehead atoms. The largest absolute Gasteiger partial charge is 0.319 e. The number of halogens is 3. The number of rotatable bonds is 5. The first kappa shape index (κ1) is 15.5. The summed E-state index contributed by atoms with van der Waals surface area (Å²) in [6.07, 6.45) is 0.631. The summed E-state index contributed by atoms with van der Waals surface area (Å²) in [5, 5.41) is 3.87. The van der Waals surface area contributed by atoms with Gasteiger partial charge in [-0.05, 0) is 54.9 Å². The van der Waals surface area contributed by atoms with Gasteiger partial charge in [-0.15, -0.1) is 0 Å². The van der Waals surface area contributed by atoms with Gasteiger partial charge in [0.25, 0.3) is 0 Å². The van der Waals surface area contributed by atoms with Crippen LogP contribution in [-0.2, 0) is 6.42 Å². The van der Waals surface area contributed by atoms with Crippen molar-refractivity contribution in [2.75, 3.05) is 13.6 Å².